The number of nitrogens with zero attached hydrogens (tertiary/aromatic N) is 1. The summed E-state index contributed by atoms with van der Waals surface area (Å²) in [6.07, 6.45) is 1.28. The second-order valence-corrected chi connectivity index (χ2v) is 10.3. The average Bonchev–Trinajstić information content (AvgIpc) is 2.69. The molecule has 1 atom stereocenters. The van der Waals surface area contributed by atoms with E-state index in [1.165, 1.54) is 10.4 Å². The molecule has 0 saturated carbocycles. The monoisotopic (exact) mass is 474 g/mol. The van der Waals surface area contributed by atoms with Gasteiger partial charge in [-0.05, 0) is 48.2 Å². The molecule has 1 N–H and O–H groups in total. The molecule has 0 aromatic heterocycles. The third-order valence-corrected chi connectivity index (χ3v) is 7.51. The van der Waals surface area contributed by atoms with Crippen molar-refractivity contribution in [3.05, 3.63) is 68.7 Å². The van der Waals surface area contributed by atoms with Crippen molar-refractivity contribution in [1.29, 1.82) is 0 Å². The molecule has 9 heteroatoms. The number of rotatable bonds is 6. The van der Waals surface area contributed by atoms with E-state index in [-0.39, 0.29) is 24.1 Å². The minimum atomic E-state index is -3.60. The van der Waals surface area contributed by atoms with Crippen LogP contribution in [0.4, 0.5) is 0 Å². The van der Waals surface area contributed by atoms with Crippen molar-refractivity contribution in [2.75, 3.05) is 13.1 Å². The maximum atomic E-state index is 12.9. The summed E-state index contributed by atoms with van der Waals surface area (Å²) in [5.74, 6) is -0.752. The standard InChI is InChI=1S/C20H21Cl3N2O3S/c21-17-6-3-14(4-7-17)11-24-20(26)15-2-1-9-25(12-15)29(27,28)13-16-5-8-18(22)10-19(16)23/h3-8,10,15H,1-2,9,11-13H2,(H,24,26). The van der Waals surface area contributed by atoms with E-state index in [9.17, 15) is 13.2 Å². The lowest BCUT2D eigenvalue weighted by molar-refractivity contribution is -0.126. The van der Waals surface area contributed by atoms with E-state index in [0.29, 0.717) is 46.6 Å². The largest absolute Gasteiger partial charge is 0.352 e. The molecular weight excluding hydrogens is 455 g/mol. The van der Waals surface area contributed by atoms with Gasteiger partial charge in [-0.15, -0.1) is 0 Å². The first kappa shape index (κ1) is 22.4. The summed E-state index contributed by atoms with van der Waals surface area (Å²) in [6, 6.07) is 12.0. The van der Waals surface area contributed by atoms with Gasteiger partial charge in [0.05, 0.1) is 11.7 Å². The van der Waals surface area contributed by atoms with E-state index in [1.54, 1.807) is 24.3 Å². The van der Waals surface area contributed by atoms with Gasteiger partial charge in [-0.2, -0.15) is 0 Å². The molecule has 2 aromatic carbocycles. The second-order valence-electron chi connectivity index (χ2n) is 7.03. The molecular formula is C20H21Cl3N2O3S. The molecule has 1 amide bonds. The fourth-order valence-corrected chi connectivity index (χ4v) is 5.59. The Kier molecular flexibility index (Phi) is 7.46. The Morgan fingerprint density at radius 1 is 1.07 bits per heavy atom. The zero-order valence-corrected chi connectivity index (χ0v) is 18.7. The van der Waals surface area contributed by atoms with Crippen LogP contribution in [0.5, 0.6) is 0 Å². The van der Waals surface area contributed by atoms with E-state index in [4.69, 9.17) is 34.8 Å². The van der Waals surface area contributed by atoms with Gasteiger partial charge in [-0.3, -0.25) is 4.79 Å². The van der Waals surface area contributed by atoms with Gasteiger partial charge in [0.25, 0.3) is 0 Å². The first-order valence-corrected chi connectivity index (χ1v) is 11.9. The van der Waals surface area contributed by atoms with E-state index in [0.717, 1.165) is 5.56 Å². The van der Waals surface area contributed by atoms with Gasteiger partial charge in [0.1, 0.15) is 0 Å². The fourth-order valence-electron chi connectivity index (χ4n) is 3.27. The molecule has 0 bridgehead atoms. The van der Waals surface area contributed by atoms with E-state index in [1.807, 2.05) is 12.1 Å². The Hall–Kier alpha value is -1.31. The molecule has 156 valence electrons. The Morgan fingerprint density at radius 2 is 1.76 bits per heavy atom. The number of halogens is 3. The predicted octanol–water partition coefficient (Wildman–Crippen LogP) is 4.51. The molecule has 1 saturated heterocycles. The van der Waals surface area contributed by atoms with Gasteiger partial charge < -0.3 is 5.32 Å². The van der Waals surface area contributed by atoms with Crippen molar-refractivity contribution in [2.45, 2.75) is 25.1 Å². The molecule has 1 unspecified atom stereocenters. The zero-order chi connectivity index (χ0) is 21.0. The normalized spacial score (nSPS) is 17.8. The van der Waals surface area contributed by atoms with Gasteiger partial charge in [0.15, 0.2) is 0 Å². The first-order chi connectivity index (χ1) is 13.7. The molecule has 3 rings (SSSR count). The summed E-state index contributed by atoms with van der Waals surface area (Å²) < 4.78 is 27.1. The number of benzene rings is 2. The Labute approximate surface area is 186 Å². The number of hydrogen-bond acceptors (Lipinski definition) is 3. The lowest BCUT2D eigenvalue weighted by Gasteiger charge is -2.31. The highest BCUT2D eigenvalue weighted by Gasteiger charge is 2.32. The van der Waals surface area contributed by atoms with Crippen LogP contribution in [0.25, 0.3) is 0 Å². The van der Waals surface area contributed by atoms with Crippen LogP contribution in [-0.2, 0) is 27.1 Å². The lowest BCUT2D eigenvalue weighted by atomic mass is 9.99. The first-order valence-electron chi connectivity index (χ1n) is 9.18. The minimum Gasteiger partial charge on any atom is -0.352 e. The quantitative estimate of drug-likeness (QED) is 0.669. The van der Waals surface area contributed by atoms with Crippen molar-refractivity contribution < 1.29 is 13.2 Å². The molecule has 29 heavy (non-hydrogen) atoms. The number of carbonyl (C=O) groups excluding carboxylic acids is 1. The molecule has 5 nitrogen and oxygen atoms in total. The molecule has 1 heterocycles. The van der Waals surface area contributed by atoms with E-state index >= 15 is 0 Å². The molecule has 0 radical (unpaired) electrons. The van der Waals surface area contributed by atoms with Crippen molar-refractivity contribution in [3.63, 3.8) is 0 Å². The Bertz CT molecular complexity index is 981. The summed E-state index contributed by atoms with van der Waals surface area (Å²) in [6.45, 7) is 0.939. The smallest absolute Gasteiger partial charge is 0.224 e. The average molecular weight is 476 g/mol. The predicted molar refractivity (Wildman–Crippen MR) is 117 cm³/mol. The molecule has 2 aromatic rings. The molecule has 1 aliphatic heterocycles. The zero-order valence-electron chi connectivity index (χ0n) is 15.6. The summed E-state index contributed by atoms with van der Waals surface area (Å²) in [5, 5.41) is 4.28. The van der Waals surface area contributed by atoms with Crippen molar-refractivity contribution in [1.82, 2.24) is 9.62 Å². The fraction of sp³-hybridized carbons (Fsp3) is 0.350. The van der Waals surface area contributed by atoms with Crippen LogP contribution in [0, 0.1) is 5.92 Å². The van der Waals surface area contributed by atoms with Crippen LogP contribution in [0.15, 0.2) is 42.5 Å². The van der Waals surface area contributed by atoms with Crippen LogP contribution in [0.3, 0.4) is 0 Å². The van der Waals surface area contributed by atoms with Gasteiger partial charge in [-0.25, -0.2) is 12.7 Å². The minimum absolute atomic E-state index is 0.149. The SMILES string of the molecule is O=C(NCc1ccc(Cl)cc1)C1CCCN(S(=O)(=O)Cc2ccc(Cl)cc2Cl)C1. The highest BCUT2D eigenvalue weighted by atomic mass is 35.5. The Balaban J connectivity index is 1.61. The number of hydrogen-bond donors (Lipinski definition) is 1. The van der Waals surface area contributed by atoms with Gasteiger partial charge in [-0.1, -0.05) is 53.0 Å². The van der Waals surface area contributed by atoms with E-state index < -0.39 is 10.0 Å². The van der Waals surface area contributed by atoms with Gasteiger partial charge >= 0.3 is 0 Å². The van der Waals surface area contributed by atoms with Crippen LogP contribution >= 0.6 is 34.8 Å². The number of carbonyl (C=O) groups is 1. The Morgan fingerprint density at radius 3 is 2.45 bits per heavy atom. The molecule has 1 fully saturated rings. The van der Waals surface area contributed by atoms with Gasteiger partial charge in [0.2, 0.25) is 15.9 Å². The summed E-state index contributed by atoms with van der Waals surface area (Å²) >= 11 is 17.9. The number of amides is 1. The van der Waals surface area contributed by atoms with Crippen molar-refractivity contribution >= 4 is 50.7 Å². The third-order valence-electron chi connectivity index (χ3n) is 4.88. The summed E-state index contributed by atoms with van der Waals surface area (Å²) in [7, 11) is -3.60. The van der Waals surface area contributed by atoms with Gasteiger partial charge in [0, 0.05) is 34.7 Å². The number of piperidine rings is 1. The molecule has 0 spiro atoms. The lowest BCUT2D eigenvalue weighted by Crippen LogP contribution is -2.45. The highest BCUT2D eigenvalue weighted by molar-refractivity contribution is 7.88. The highest BCUT2D eigenvalue weighted by Crippen LogP contribution is 2.26. The van der Waals surface area contributed by atoms with Crippen LogP contribution in [0.2, 0.25) is 15.1 Å². The van der Waals surface area contributed by atoms with Crippen LogP contribution in [-0.4, -0.2) is 31.7 Å². The van der Waals surface area contributed by atoms with Crippen molar-refractivity contribution in [2.24, 2.45) is 5.92 Å². The summed E-state index contributed by atoms with van der Waals surface area (Å²) in [5.41, 5.74) is 1.42. The van der Waals surface area contributed by atoms with E-state index in [2.05, 4.69) is 5.32 Å². The third kappa shape index (κ3) is 6.09. The second kappa shape index (κ2) is 9.67. The van der Waals surface area contributed by atoms with Crippen molar-refractivity contribution in [3.8, 4) is 0 Å². The summed E-state index contributed by atoms with van der Waals surface area (Å²) in [4.78, 5) is 12.6. The molecule has 1 aliphatic rings. The number of nitrogens with one attached hydrogen (secondary N) is 1. The number of sulfonamides is 1. The maximum Gasteiger partial charge on any atom is 0.224 e. The maximum absolute atomic E-state index is 12.9. The topological polar surface area (TPSA) is 66.5 Å². The molecule has 0 aliphatic carbocycles. The van der Waals surface area contributed by atoms with Crippen LogP contribution < -0.4 is 5.32 Å². The van der Waals surface area contributed by atoms with Crippen LogP contribution in [0.1, 0.15) is 24.0 Å².